The third-order valence-electron chi connectivity index (χ3n) is 2.19. The van der Waals surface area contributed by atoms with E-state index in [1.54, 1.807) is 13.8 Å². The topological polar surface area (TPSA) is 78.9 Å². The highest BCUT2D eigenvalue weighted by Crippen LogP contribution is 2.07. The van der Waals surface area contributed by atoms with Crippen LogP contribution in [0.2, 0.25) is 0 Å². The van der Waals surface area contributed by atoms with Crippen LogP contribution in [0.3, 0.4) is 0 Å². The Balaban J connectivity index is 2.49. The summed E-state index contributed by atoms with van der Waals surface area (Å²) in [5.74, 6) is -2.19. The molecule has 0 aliphatic carbocycles. The number of ketones is 1. The van der Waals surface area contributed by atoms with Crippen molar-refractivity contribution in [1.29, 1.82) is 0 Å². The molecule has 0 N–H and O–H groups in total. The summed E-state index contributed by atoms with van der Waals surface area (Å²) in [7, 11) is 0. The highest BCUT2D eigenvalue weighted by Gasteiger charge is 2.23. The monoisotopic (exact) mass is 244 g/mol. The second-order valence-electron chi connectivity index (χ2n) is 4.08. The van der Waals surface area contributed by atoms with Crippen LogP contribution in [0, 0.1) is 5.92 Å². The number of cyclic esters (lactones) is 1. The van der Waals surface area contributed by atoms with E-state index in [1.807, 2.05) is 0 Å². The maximum atomic E-state index is 11.4. The van der Waals surface area contributed by atoms with Crippen LogP contribution in [0.25, 0.3) is 0 Å². The minimum atomic E-state index is -0.902. The molecule has 1 rings (SSSR count). The molecule has 1 aliphatic heterocycles. The summed E-state index contributed by atoms with van der Waals surface area (Å²) < 4.78 is 14.8. The molecule has 0 spiro atoms. The van der Waals surface area contributed by atoms with Crippen LogP contribution in [0.1, 0.15) is 20.3 Å². The molecule has 6 nitrogen and oxygen atoms in total. The lowest BCUT2D eigenvalue weighted by Crippen LogP contribution is -2.27. The van der Waals surface area contributed by atoms with Crippen LogP contribution >= 0.6 is 0 Å². The van der Waals surface area contributed by atoms with Crippen molar-refractivity contribution >= 4 is 17.7 Å². The fourth-order valence-electron chi connectivity index (χ4n) is 1.18. The molecule has 17 heavy (non-hydrogen) atoms. The Morgan fingerprint density at radius 2 is 2.12 bits per heavy atom. The van der Waals surface area contributed by atoms with Gasteiger partial charge in [0.2, 0.25) is 0 Å². The number of Topliss-reactive ketones (excluding diaryl/α,β-unsaturated/α-hetero) is 1. The average molecular weight is 244 g/mol. The van der Waals surface area contributed by atoms with Gasteiger partial charge in [-0.2, -0.15) is 0 Å². The first-order valence-corrected chi connectivity index (χ1v) is 5.49. The molecule has 0 bridgehead atoms. The molecule has 1 unspecified atom stereocenters. The fraction of sp³-hybridized carbons (Fsp3) is 0.727. The standard InChI is InChI=1S/C11H16O6/c1-7(2)10(13)17-8-3-4-16-11(14)9(12)6-15-5-8/h7-8H,3-6H2,1-2H3. The number of carbonyl (C=O) groups excluding carboxylic acids is 3. The van der Waals surface area contributed by atoms with E-state index in [2.05, 4.69) is 4.74 Å². The third kappa shape index (κ3) is 4.52. The first-order valence-electron chi connectivity index (χ1n) is 5.49. The summed E-state index contributed by atoms with van der Waals surface area (Å²) in [6.07, 6.45) is -0.152. The van der Waals surface area contributed by atoms with Crippen molar-refractivity contribution in [3.05, 3.63) is 0 Å². The Hall–Kier alpha value is -1.43. The second-order valence-corrected chi connectivity index (χ2v) is 4.08. The van der Waals surface area contributed by atoms with Crippen LogP contribution in [0.15, 0.2) is 0 Å². The van der Waals surface area contributed by atoms with Crippen molar-refractivity contribution in [3.8, 4) is 0 Å². The Morgan fingerprint density at radius 3 is 2.76 bits per heavy atom. The van der Waals surface area contributed by atoms with Crippen LogP contribution in [0.4, 0.5) is 0 Å². The van der Waals surface area contributed by atoms with Gasteiger partial charge in [-0.25, -0.2) is 4.79 Å². The molecule has 1 heterocycles. The van der Waals surface area contributed by atoms with E-state index >= 15 is 0 Å². The molecule has 0 aromatic carbocycles. The van der Waals surface area contributed by atoms with Crippen molar-refractivity contribution < 1.29 is 28.6 Å². The maximum Gasteiger partial charge on any atom is 0.377 e. The molecule has 96 valence electrons. The minimum Gasteiger partial charge on any atom is -0.460 e. The number of carbonyl (C=O) groups is 3. The van der Waals surface area contributed by atoms with Crippen molar-refractivity contribution in [1.82, 2.24) is 0 Å². The number of hydrogen-bond acceptors (Lipinski definition) is 6. The van der Waals surface area contributed by atoms with Gasteiger partial charge < -0.3 is 14.2 Å². The minimum absolute atomic E-state index is 0.0456. The highest BCUT2D eigenvalue weighted by atomic mass is 16.6. The highest BCUT2D eigenvalue weighted by molar-refractivity contribution is 6.34. The van der Waals surface area contributed by atoms with Gasteiger partial charge in [-0.15, -0.1) is 0 Å². The van der Waals surface area contributed by atoms with Crippen molar-refractivity contribution in [2.24, 2.45) is 5.92 Å². The lowest BCUT2D eigenvalue weighted by Gasteiger charge is -2.17. The number of ether oxygens (including phenoxy) is 3. The quantitative estimate of drug-likeness (QED) is 0.506. The van der Waals surface area contributed by atoms with Crippen molar-refractivity contribution in [3.63, 3.8) is 0 Å². The van der Waals surface area contributed by atoms with E-state index in [1.165, 1.54) is 0 Å². The number of rotatable bonds is 2. The van der Waals surface area contributed by atoms with Gasteiger partial charge in [-0.1, -0.05) is 13.8 Å². The molecule has 0 saturated carbocycles. The van der Waals surface area contributed by atoms with Crippen LogP contribution < -0.4 is 0 Å². The third-order valence-corrected chi connectivity index (χ3v) is 2.19. The van der Waals surface area contributed by atoms with Gasteiger partial charge in [0.1, 0.15) is 12.7 Å². The normalized spacial score (nSPS) is 22.4. The number of esters is 2. The fourth-order valence-corrected chi connectivity index (χ4v) is 1.18. The smallest absolute Gasteiger partial charge is 0.377 e. The van der Waals surface area contributed by atoms with E-state index in [9.17, 15) is 14.4 Å². The molecular formula is C11H16O6. The Morgan fingerprint density at radius 1 is 1.41 bits per heavy atom. The summed E-state index contributed by atoms with van der Waals surface area (Å²) in [4.78, 5) is 33.4. The van der Waals surface area contributed by atoms with E-state index < -0.39 is 17.9 Å². The maximum absolute atomic E-state index is 11.4. The average Bonchev–Trinajstić information content (AvgIpc) is 2.33. The van der Waals surface area contributed by atoms with Gasteiger partial charge in [-0.3, -0.25) is 9.59 Å². The van der Waals surface area contributed by atoms with Gasteiger partial charge in [0.25, 0.3) is 5.78 Å². The van der Waals surface area contributed by atoms with E-state index in [0.717, 1.165) is 0 Å². The lowest BCUT2D eigenvalue weighted by atomic mass is 10.2. The van der Waals surface area contributed by atoms with E-state index in [-0.39, 0.29) is 31.7 Å². The van der Waals surface area contributed by atoms with Gasteiger partial charge in [-0.05, 0) is 0 Å². The van der Waals surface area contributed by atoms with E-state index in [4.69, 9.17) is 9.47 Å². The molecule has 0 aromatic rings. The number of hydrogen-bond donors (Lipinski definition) is 0. The summed E-state index contributed by atoms with van der Waals surface area (Å²) in [6.45, 7) is 3.25. The van der Waals surface area contributed by atoms with Crippen molar-refractivity contribution in [2.75, 3.05) is 19.8 Å². The largest absolute Gasteiger partial charge is 0.460 e. The molecule has 0 aromatic heterocycles. The Labute approximate surface area is 99.2 Å². The first kappa shape index (κ1) is 13.6. The molecule has 1 fully saturated rings. The zero-order chi connectivity index (χ0) is 12.8. The first-order chi connectivity index (χ1) is 8.00. The van der Waals surface area contributed by atoms with Gasteiger partial charge in [0.05, 0.1) is 19.1 Å². The molecule has 1 saturated heterocycles. The molecular weight excluding hydrogens is 228 g/mol. The predicted octanol–water partition coefficient (Wildman–Crippen LogP) is 0.0868. The second kappa shape index (κ2) is 6.34. The summed E-state index contributed by atoms with van der Waals surface area (Å²) >= 11 is 0. The van der Waals surface area contributed by atoms with Crippen LogP contribution in [0.5, 0.6) is 0 Å². The summed E-state index contributed by atoms with van der Waals surface area (Å²) in [5, 5.41) is 0. The lowest BCUT2D eigenvalue weighted by molar-refractivity contribution is -0.156. The molecule has 0 amide bonds. The summed E-state index contributed by atoms with van der Waals surface area (Å²) in [6, 6.07) is 0. The molecule has 1 atom stereocenters. The Bertz CT molecular complexity index is 289. The molecule has 6 heteroatoms. The van der Waals surface area contributed by atoms with Crippen LogP contribution in [-0.2, 0) is 28.6 Å². The van der Waals surface area contributed by atoms with Gasteiger partial charge >= 0.3 is 11.9 Å². The zero-order valence-corrected chi connectivity index (χ0v) is 9.93. The van der Waals surface area contributed by atoms with Gasteiger partial charge in [0, 0.05) is 6.42 Å². The summed E-state index contributed by atoms with van der Waals surface area (Å²) in [5.41, 5.74) is 0. The van der Waals surface area contributed by atoms with Crippen molar-refractivity contribution in [2.45, 2.75) is 26.4 Å². The Kier molecular flexibility index (Phi) is 5.09. The predicted molar refractivity (Wildman–Crippen MR) is 56.1 cm³/mol. The zero-order valence-electron chi connectivity index (χ0n) is 9.93. The van der Waals surface area contributed by atoms with E-state index in [0.29, 0.717) is 6.42 Å². The SMILES string of the molecule is CC(C)C(=O)OC1CCOC(=O)C(=O)COC1. The van der Waals surface area contributed by atoms with Gasteiger partial charge in [0.15, 0.2) is 0 Å². The van der Waals surface area contributed by atoms with Crippen LogP contribution in [-0.4, -0.2) is 43.6 Å². The molecule has 1 aliphatic rings. The molecule has 0 radical (unpaired) electrons.